The molecule has 0 saturated carbocycles. The van der Waals surface area contributed by atoms with E-state index in [9.17, 15) is 18.7 Å². The average molecular weight is 481 g/mol. The minimum atomic E-state index is -2.59. The number of benzene rings is 2. The highest BCUT2D eigenvalue weighted by molar-refractivity contribution is 5.93. The number of alkyl halides is 2. The largest absolute Gasteiger partial charge is 0.493 e. The predicted molar refractivity (Wildman–Crippen MR) is 131 cm³/mol. The summed E-state index contributed by atoms with van der Waals surface area (Å²) in [6.07, 6.45) is 3.81. The fourth-order valence-corrected chi connectivity index (χ4v) is 4.56. The molecule has 0 amide bonds. The Bertz CT molecular complexity index is 1230. The normalized spacial score (nSPS) is 18.1. The van der Waals surface area contributed by atoms with Crippen molar-refractivity contribution in [1.82, 2.24) is 4.98 Å². The van der Waals surface area contributed by atoms with E-state index in [0.717, 1.165) is 34.8 Å². The molecule has 1 fully saturated rings. The summed E-state index contributed by atoms with van der Waals surface area (Å²) in [6, 6.07) is 15.1. The zero-order valence-corrected chi connectivity index (χ0v) is 19.2. The molecule has 3 heterocycles. The smallest absolute Gasteiger partial charge is 0.337 e. The van der Waals surface area contributed by atoms with Crippen molar-refractivity contribution in [3.05, 3.63) is 72.1 Å². The number of hydrogen-bond acceptors (Lipinski definition) is 6. The molecule has 5 rings (SSSR count). The minimum Gasteiger partial charge on any atom is -0.493 e. The highest BCUT2D eigenvalue weighted by Crippen LogP contribution is 2.38. The van der Waals surface area contributed by atoms with Crippen LogP contribution in [0, 0.1) is 0 Å². The van der Waals surface area contributed by atoms with Crippen LogP contribution in [-0.2, 0) is 0 Å². The van der Waals surface area contributed by atoms with Crippen LogP contribution in [0.25, 0.3) is 0 Å². The maximum atomic E-state index is 13.2. The number of pyridine rings is 1. The maximum Gasteiger partial charge on any atom is 0.337 e. The third-order valence-corrected chi connectivity index (χ3v) is 6.59. The number of carboxylic acid groups (broad SMARTS) is 1. The summed E-state index contributed by atoms with van der Waals surface area (Å²) in [5, 5.41) is 12.6. The van der Waals surface area contributed by atoms with E-state index in [0.29, 0.717) is 18.8 Å². The first-order valence-electron chi connectivity index (χ1n) is 11.5. The summed E-state index contributed by atoms with van der Waals surface area (Å²) in [4.78, 5) is 19.2. The minimum absolute atomic E-state index is 0.161. The van der Waals surface area contributed by atoms with E-state index in [2.05, 4.69) is 10.3 Å². The number of nitrogens with zero attached hydrogens (tertiary/aromatic N) is 3. The van der Waals surface area contributed by atoms with Crippen LogP contribution >= 0.6 is 0 Å². The Balaban J connectivity index is 1.28. The SMILES string of the molecule is CN(c1ccc(N2CC(F)(F)C2)cc1)c1ccc2c(c1)OCC[C@H]2CNc1cnccc1C(=O)O. The molecule has 1 atom stereocenters. The van der Waals surface area contributed by atoms with Gasteiger partial charge < -0.3 is 25.0 Å². The van der Waals surface area contributed by atoms with Gasteiger partial charge in [-0.25, -0.2) is 13.6 Å². The molecule has 2 aromatic carbocycles. The molecule has 0 radical (unpaired) electrons. The van der Waals surface area contributed by atoms with E-state index >= 15 is 0 Å². The summed E-state index contributed by atoms with van der Waals surface area (Å²) in [7, 11) is 1.95. The molecule has 7 nitrogen and oxygen atoms in total. The second-order valence-corrected chi connectivity index (χ2v) is 8.95. The first-order chi connectivity index (χ1) is 16.8. The monoisotopic (exact) mass is 480 g/mol. The summed E-state index contributed by atoms with van der Waals surface area (Å²) >= 11 is 0. The summed E-state index contributed by atoms with van der Waals surface area (Å²) in [5.74, 6) is -2.63. The fraction of sp³-hybridized carbons (Fsp3) is 0.308. The van der Waals surface area contributed by atoms with E-state index in [1.165, 1.54) is 18.5 Å². The predicted octanol–water partition coefficient (Wildman–Crippen LogP) is 4.98. The van der Waals surface area contributed by atoms with Crippen molar-refractivity contribution in [2.45, 2.75) is 18.3 Å². The Labute approximate surface area is 202 Å². The second kappa shape index (κ2) is 9.05. The van der Waals surface area contributed by atoms with Crippen molar-refractivity contribution < 1.29 is 23.4 Å². The molecule has 2 aliphatic rings. The molecule has 182 valence electrons. The van der Waals surface area contributed by atoms with Crippen LogP contribution in [-0.4, -0.2) is 55.3 Å². The number of nitrogens with one attached hydrogen (secondary N) is 1. The highest BCUT2D eigenvalue weighted by atomic mass is 19.3. The molecule has 35 heavy (non-hydrogen) atoms. The molecule has 3 aromatic rings. The lowest BCUT2D eigenvalue weighted by molar-refractivity contribution is -0.0262. The van der Waals surface area contributed by atoms with Gasteiger partial charge in [0.25, 0.3) is 5.92 Å². The lowest BCUT2D eigenvalue weighted by Gasteiger charge is -2.40. The number of hydrogen-bond donors (Lipinski definition) is 2. The average Bonchev–Trinajstić information content (AvgIpc) is 2.85. The third-order valence-electron chi connectivity index (χ3n) is 6.59. The van der Waals surface area contributed by atoms with Crippen LogP contribution in [0.2, 0.25) is 0 Å². The standard InChI is InChI=1S/C26H26F2N4O3/c1-31(18-2-4-19(5-3-18)32-15-26(27,28)16-32)20-6-7-21-17(9-11-35-24(21)12-20)13-30-23-14-29-10-8-22(23)25(33)34/h2-8,10,12,14,17,30H,9,11,13,15-16H2,1H3,(H,33,34)/t17-/m0/s1. The molecule has 0 unspecified atom stereocenters. The summed E-state index contributed by atoms with van der Waals surface area (Å²) in [5.41, 5.74) is 4.43. The third kappa shape index (κ3) is 4.71. The Morgan fingerprint density at radius 2 is 1.94 bits per heavy atom. The number of ether oxygens (including phenoxy) is 1. The Hall–Kier alpha value is -3.88. The summed E-state index contributed by atoms with van der Waals surface area (Å²) < 4.78 is 32.3. The molecular formula is C26H26F2N4O3. The zero-order valence-electron chi connectivity index (χ0n) is 19.2. The number of anilines is 4. The van der Waals surface area contributed by atoms with Crippen LogP contribution in [0.1, 0.15) is 28.3 Å². The van der Waals surface area contributed by atoms with Gasteiger partial charge in [-0.3, -0.25) is 4.98 Å². The lowest BCUT2D eigenvalue weighted by Crippen LogP contribution is -2.56. The van der Waals surface area contributed by atoms with E-state index in [-0.39, 0.29) is 24.6 Å². The number of halogens is 2. The Morgan fingerprint density at radius 3 is 2.66 bits per heavy atom. The van der Waals surface area contributed by atoms with Gasteiger partial charge in [0.2, 0.25) is 0 Å². The van der Waals surface area contributed by atoms with Crippen LogP contribution < -0.4 is 19.9 Å². The molecule has 2 aliphatic heterocycles. The quantitative estimate of drug-likeness (QED) is 0.494. The van der Waals surface area contributed by atoms with Gasteiger partial charge in [0.05, 0.1) is 37.1 Å². The van der Waals surface area contributed by atoms with Crippen molar-refractivity contribution >= 4 is 28.7 Å². The summed E-state index contributed by atoms with van der Waals surface area (Å²) in [6.45, 7) is 0.659. The van der Waals surface area contributed by atoms with Gasteiger partial charge >= 0.3 is 5.97 Å². The number of aromatic carboxylic acids is 1. The van der Waals surface area contributed by atoms with Gasteiger partial charge in [0.1, 0.15) is 5.75 Å². The molecule has 9 heteroatoms. The van der Waals surface area contributed by atoms with Gasteiger partial charge in [-0.15, -0.1) is 0 Å². The molecule has 2 N–H and O–H groups in total. The van der Waals surface area contributed by atoms with Crippen molar-refractivity contribution in [2.24, 2.45) is 0 Å². The second-order valence-electron chi connectivity index (χ2n) is 8.95. The van der Waals surface area contributed by atoms with E-state index < -0.39 is 11.9 Å². The molecule has 0 bridgehead atoms. The first-order valence-corrected chi connectivity index (χ1v) is 11.5. The molecule has 1 aromatic heterocycles. The van der Waals surface area contributed by atoms with E-state index in [1.807, 2.05) is 54.4 Å². The van der Waals surface area contributed by atoms with Crippen molar-refractivity contribution in [1.29, 1.82) is 0 Å². The fourth-order valence-electron chi connectivity index (χ4n) is 4.56. The van der Waals surface area contributed by atoms with Crippen LogP contribution in [0.5, 0.6) is 5.75 Å². The van der Waals surface area contributed by atoms with Crippen LogP contribution in [0.15, 0.2) is 60.9 Å². The molecule has 1 saturated heterocycles. The Morgan fingerprint density at radius 1 is 1.20 bits per heavy atom. The highest BCUT2D eigenvalue weighted by Gasteiger charge is 2.43. The number of carbonyl (C=O) groups is 1. The van der Waals surface area contributed by atoms with E-state index in [4.69, 9.17) is 4.74 Å². The van der Waals surface area contributed by atoms with Crippen molar-refractivity contribution in [3.63, 3.8) is 0 Å². The topological polar surface area (TPSA) is 77.9 Å². The molecule has 0 aliphatic carbocycles. The Kier molecular flexibility index (Phi) is 5.92. The zero-order chi connectivity index (χ0) is 24.6. The number of fused-ring (bicyclic) bond motifs is 1. The van der Waals surface area contributed by atoms with Crippen molar-refractivity contribution in [2.75, 3.05) is 48.4 Å². The van der Waals surface area contributed by atoms with Crippen LogP contribution in [0.3, 0.4) is 0 Å². The maximum absolute atomic E-state index is 13.2. The van der Waals surface area contributed by atoms with Gasteiger partial charge in [-0.05, 0) is 48.4 Å². The van der Waals surface area contributed by atoms with Gasteiger partial charge in [-0.2, -0.15) is 0 Å². The van der Waals surface area contributed by atoms with Gasteiger partial charge in [-0.1, -0.05) is 6.07 Å². The first kappa shape index (κ1) is 22.9. The molecule has 0 spiro atoms. The number of aromatic nitrogens is 1. The number of carboxylic acids is 1. The van der Waals surface area contributed by atoms with Gasteiger partial charge in [0.15, 0.2) is 0 Å². The van der Waals surface area contributed by atoms with Crippen molar-refractivity contribution in [3.8, 4) is 5.75 Å². The van der Waals surface area contributed by atoms with Crippen LogP contribution in [0.4, 0.5) is 31.5 Å². The lowest BCUT2D eigenvalue weighted by atomic mass is 9.92. The van der Waals surface area contributed by atoms with Gasteiger partial charge in [0, 0.05) is 48.8 Å². The van der Waals surface area contributed by atoms with E-state index in [1.54, 1.807) is 4.90 Å². The number of rotatable bonds is 7. The molecular weight excluding hydrogens is 454 g/mol.